The Morgan fingerprint density at radius 1 is 0.889 bits per heavy atom. The van der Waals surface area contributed by atoms with E-state index in [4.69, 9.17) is 18.6 Å². The molecule has 5 aliphatic rings. The lowest BCUT2D eigenvalue weighted by molar-refractivity contribution is -0.153. The quantitative estimate of drug-likeness (QED) is 0.424. The Hall–Kier alpha value is -2.44. The largest absolute Gasteiger partial charge is 0.464 e. The van der Waals surface area contributed by atoms with Crippen molar-refractivity contribution in [2.75, 3.05) is 13.2 Å². The average molecular weight is 499 g/mol. The molecule has 2 saturated heterocycles. The van der Waals surface area contributed by atoms with Gasteiger partial charge in [0.25, 0.3) is 0 Å². The van der Waals surface area contributed by atoms with Crippen LogP contribution in [0.3, 0.4) is 0 Å². The van der Waals surface area contributed by atoms with Gasteiger partial charge in [0.2, 0.25) is 0 Å². The maximum absolute atomic E-state index is 6.81. The van der Waals surface area contributed by atoms with Crippen LogP contribution in [0.5, 0.6) is 0 Å². The second-order valence-corrected chi connectivity index (χ2v) is 17.2. The molecule has 3 fully saturated rings. The van der Waals surface area contributed by atoms with Crippen molar-refractivity contribution in [3.05, 3.63) is 93.1 Å². The van der Waals surface area contributed by atoms with E-state index in [1.54, 1.807) is 6.26 Å². The lowest BCUT2D eigenvalue weighted by Crippen LogP contribution is -2.57. The standard InChI is InChI=1S/C31H34O4Si/c1-30(2)34-29-26-21-17-32-18-22(21)28(36(3,4)5)24(19-11-7-6-8-12-19)25(23-14-10-16-33-23)20-13-9-15-31(29,35-30)27(20)26/h6-8,10-12,14,16,29H,9,13,15,17-18H2,1-5H3/b25-20?,25-24+,26-21+,28-22+,28-24?. The number of benzene rings is 1. The summed E-state index contributed by atoms with van der Waals surface area (Å²) in [5, 5.41) is 1.48. The molecule has 0 bridgehead atoms. The van der Waals surface area contributed by atoms with Gasteiger partial charge < -0.3 is 18.6 Å². The lowest BCUT2D eigenvalue weighted by atomic mass is 9.57. The van der Waals surface area contributed by atoms with Crippen LogP contribution in [0.25, 0.3) is 11.1 Å². The van der Waals surface area contributed by atoms with Gasteiger partial charge in [-0.3, -0.25) is 0 Å². The fraction of sp³-hybridized carbons (Fsp3) is 0.419. The van der Waals surface area contributed by atoms with Crippen molar-refractivity contribution in [2.24, 2.45) is 0 Å². The van der Waals surface area contributed by atoms with Gasteiger partial charge in [-0.25, -0.2) is 0 Å². The first-order valence-corrected chi connectivity index (χ1v) is 16.7. The second kappa shape index (κ2) is 7.54. The van der Waals surface area contributed by atoms with Gasteiger partial charge >= 0.3 is 0 Å². The fourth-order valence-electron chi connectivity index (χ4n) is 7.32. The molecule has 1 spiro atoms. The molecule has 4 nitrogen and oxygen atoms in total. The van der Waals surface area contributed by atoms with Crippen LogP contribution in [-0.2, 0) is 14.2 Å². The van der Waals surface area contributed by atoms with Gasteiger partial charge in [0.05, 0.1) is 27.6 Å². The zero-order valence-corrected chi connectivity index (χ0v) is 22.9. The first-order chi connectivity index (χ1) is 17.2. The highest BCUT2D eigenvalue weighted by Crippen LogP contribution is 2.65. The van der Waals surface area contributed by atoms with E-state index in [1.165, 1.54) is 49.8 Å². The van der Waals surface area contributed by atoms with Crippen LogP contribution in [0.15, 0.2) is 86.2 Å². The van der Waals surface area contributed by atoms with Crippen molar-refractivity contribution in [2.45, 2.75) is 70.2 Å². The van der Waals surface area contributed by atoms with E-state index in [-0.39, 0.29) is 11.7 Å². The van der Waals surface area contributed by atoms with E-state index in [9.17, 15) is 0 Å². The van der Waals surface area contributed by atoms with Gasteiger partial charge in [-0.1, -0.05) is 50.0 Å². The van der Waals surface area contributed by atoms with Crippen LogP contribution in [0.2, 0.25) is 19.6 Å². The Balaban J connectivity index is 1.66. The van der Waals surface area contributed by atoms with Gasteiger partial charge in [-0.2, -0.15) is 0 Å². The zero-order valence-electron chi connectivity index (χ0n) is 21.9. The molecule has 0 amide bonds. The highest BCUT2D eigenvalue weighted by Gasteiger charge is 2.68. The van der Waals surface area contributed by atoms with Crippen LogP contribution in [-0.4, -0.2) is 38.8 Å². The van der Waals surface area contributed by atoms with Crippen molar-refractivity contribution in [3.8, 4) is 0 Å². The summed E-state index contributed by atoms with van der Waals surface area (Å²) in [5.74, 6) is 0.323. The number of allylic oxidation sites excluding steroid dienone is 4. The number of furan rings is 1. The average Bonchev–Trinajstić information content (AvgIpc) is 3.54. The maximum atomic E-state index is 6.81. The summed E-state index contributed by atoms with van der Waals surface area (Å²) < 4.78 is 25.9. The number of ether oxygens (including phenoxy) is 3. The van der Waals surface area contributed by atoms with E-state index < -0.39 is 13.9 Å². The molecule has 0 N–H and O–H groups in total. The Labute approximate surface area is 214 Å². The molecule has 2 unspecified atom stereocenters. The van der Waals surface area contributed by atoms with Crippen molar-refractivity contribution < 1.29 is 18.6 Å². The lowest BCUT2D eigenvalue weighted by Gasteiger charge is -2.52. The van der Waals surface area contributed by atoms with Gasteiger partial charge in [0.1, 0.15) is 17.5 Å². The van der Waals surface area contributed by atoms with Crippen LogP contribution in [0.1, 0.15) is 44.4 Å². The molecule has 7 rings (SSSR count). The highest BCUT2D eigenvalue weighted by molar-refractivity contribution is 6.86. The molecule has 3 heterocycles. The van der Waals surface area contributed by atoms with Crippen LogP contribution in [0.4, 0.5) is 0 Å². The third-order valence-corrected chi connectivity index (χ3v) is 10.4. The van der Waals surface area contributed by atoms with Crippen LogP contribution >= 0.6 is 0 Å². The molecule has 0 radical (unpaired) electrons. The molecule has 5 heteroatoms. The minimum Gasteiger partial charge on any atom is -0.464 e. The fourth-order valence-corrected chi connectivity index (χ4v) is 9.47. The normalized spacial score (nSPS) is 35.1. The number of fused-ring (bicyclic) bond motifs is 2. The molecule has 186 valence electrons. The smallest absolute Gasteiger partial charge is 0.165 e. The molecule has 3 aliphatic carbocycles. The van der Waals surface area contributed by atoms with Gasteiger partial charge in [0, 0.05) is 5.57 Å². The molecule has 36 heavy (non-hydrogen) atoms. The molecular formula is C31H34O4Si. The Morgan fingerprint density at radius 3 is 2.39 bits per heavy atom. The summed E-state index contributed by atoms with van der Waals surface area (Å²) in [6.45, 7) is 12.8. The first-order valence-electron chi connectivity index (χ1n) is 13.2. The molecule has 1 aromatic heterocycles. The third kappa shape index (κ3) is 3.03. The molecule has 1 saturated carbocycles. The van der Waals surface area contributed by atoms with Crippen molar-refractivity contribution in [1.29, 1.82) is 0 Å². The third-order valence-electron chi connectivity index (χ3n) is 8.35. The zero-order chi connectivity index (χ0) is 24.9. The van der Waals surface area contributed by atoms with Gasteiger partial charge in [-0.05, 0) is 89.4 Å². The summed E-state index contributed by atoms with van der Waals surface area (Å²) in [5.41, 5.74) is 10.2. The SMILES string of the molecule is CC1(C)OC2\C3=C4/COC/C4=C([Si](C)(C)C)/C(c4ccccc4)=C(/c4ccco4)C4=C3C2(CCC4)O1. The molecular weight excluding hydrogens is 464 g/mol. The van der Waals surface area contributed by atoms with Gasteiger partial charge in [-0.15, -0.1) is 0 Å². The molecule has 2 aliphatic heterocycles. The topological polar surface area (TPSA) is 40.8 Å². The van der Waals surface area contributed by atoms with E-state index in [1.807, 2.05) is 6.07 Å². The minimum atomic E-state index is -1.86. The summed E-state index contributed by atoms with van der Waals surface area (Å²) >= 11 is 0. The van der Waals surface area contributed by atoms with Crippen LogP contribution < -0.4 is 0 Å². The van der Waals surface area contributed by atoms with E-state index in [0.29, 0.717) is 13.2 Å². The Bertz CT molecular complexity index is 1380. The Kier molecular flexibility index (Phi) is 4.76. The molecule has 1 aromatic carbocycles. The maximum Gasteiger partial charge on any atom is 0.165 e. The summed E-state index contributed by atoms with van der Waals surface area (Å²) in [6, 6.07) is 15.1. The highest BCUT2D eigenvalue weighted by atomic mass is 28.3. The number of hydrogen-bond donors (Lipinski definition) is 0. The van der Waals surface area contributed by atoms with Gasteiger partial charge in [0.15, 0.2) is 5.79 Å². The Morgan fingerprint density at radius 2 is 1.67 bits per heavy atom. The summed E-state index contributed by atoms with van der Waals surface area (Å²) in [7, 11) is -1.86. The predicted octanol–water partition coefficient (Wildman–Crippen LogP) is 7.09. The monoisotopic (exact) mass is 498 g/mol. The summed E-state index contributed by atoms with van der Waals surface area (Å²) in [4.78, 5) is 0. The second-order valence-electron chi connectivity index (χ2n) is 12.2. The first kappa shape index (κ1) is 22.7. The van der Waals surface area contributed by atoms with E-state index in [0.717, 1.165) is 25.0 Å². The summed E-state index contributed by atoms with van der Waals surface area (Å²) in [6.07, 6.45) is 4.83. The minimum absolute atomic E-state index is 0.0384. The number of rotatable bonds is 3. The molecule has 2 atom stereocenters. The van der Waals surface area contributed by atoms with Crippen molar-refractivity contribution >= 4 is 19.2 Å². The van der Waals surface area contributed by atoms with E-state index >= 15 is 0 Å². The van der Waals surface area contributed by atoms with Crippen molar-refractivity contribution in [3.63, 3.8) is 0 Å². The van der Waals surface area contributed by atoms with Crippen LogP contribution in [0, 0.1) is 0 Å². The van der Waals surface area contributed by atoms with E-state index in [2.05, 4.69) is 69.9 Å². The van der Waals surface area contributed by atoms with Crippen molar-refractivity contribution in [1.82, 2.24) is 0 Å². The number of hydrogen-bond acceptors (Lipinski definition) is 4. The predicted molar refractivity (Wildman–Crippen MR) is 144 cm³/mol. The molecule has 2 aromatic rings.